The van der Waals surface area contributed by atoms with Gasteiger partial charge in [-0.25, -0.2) is 0 Å². The SMILES string of the molecule is O=C(CCCNC(=O)C12CC1C2)N1CCc2sccc2C1. The van der Waals surface area contributed by atoms with Gasteiger partial charge >= 0.3 is 0 Å². The third-order valence-electron chi connectivity index (χ3n) is 5.15. The van der Waals surface area contributed by atoms with Gasteiger partial charge < -0.3 is 10.2 Å². The average molecular weight is 304 g/mol. The Kier molecular flexibility index (Phi) is 3.06. The molecule has 2 fully saturated rings. The lowest BCUT2D eigenvalue weighted by Crippen LogP contribution is -2.36. The van der Waals surface area contributed by atoms with Crippen LogP contribution in [0.25, 0.3) is 0 Å². The molecule has 2 amide bonds. The molecule has 4 nitrogen and oxygen atoms in total. The molecule has 0 radical (unpaired) electrons. The van der Waals surface area contributed by atoms with E-state index < -0.39 is 0 Å². The van der Waals surface area contributed by atoms with Crippen molar-refractivity contribution in [3.05, 3.63) is 21.9 Å². The van der Waals surface area contributed by atoms with Gasteiger partial charge in [0.25, 0.3) is 0 Å². The summed E-state index contributed by atoms with van der Waals surface area (Å²) >= 11 is 1.79. The highest BCUT2D eigenvalue weighted by Crippen LogP contribution is 2.75. The Balaban J connectivity index is 1.19. The number of hydrogen-bond acceptors (Lipinski definition) is 3. The molecule has 1 N–H and O–H groups in total. The van der Waals surface area contributed by atoms with E-state index in [1.807, 2.05) is 4.90 Å². The van der Waals surface area contributed by atoms with E-state index in [0.717, 1.165) is 38.8 Å². The van der Waals surface area contributed by atoms with Crippen molar-refractivity contribution >= 4 is 23.2 Å². The monoisotopic (exact) mass is 304 g/mol. The molecule has 0 atom stereocenters. The number of rotatable bonds is 5. The number of carbonyl (C=O) groups is 2. The normalized spacial score (nSPS) is 28.6. The first-order valence-electron chi connectivity index (χ1n) is 7.80. The number of nitrogens with zero attached hydrogens (tertiary/aromatic N) is 1. The molecule has 112 valence electrons. The van der Waals surface area contributed by atoms with Crippen LogP contribution in [0.5, 0.6) is 0 Å². The number of nitrogens with one attached hydrogen (secondary N) is 1. The first-order valence-corrected chi connectivity index (χ1v) is 8.68. The summed E-state index contributed by atoms with van der Waals surface area (Å²) in [5.41, 5.74) is 1.35. The maximum absolute atomic E-state index is 12.2. The molecule has 0 bridgehead atoms. The van der Waals surface area contributed by atoms with Crippen LogP contribution >= 0.6 is 11.3 Å². The van der Waals surface area contributed by atoms with Gasteiger partial charge in [0.15, 0.2) is 0 Å². The molecule has 5 heteroatoms. The average Bonchev–Trinajstić information content (AvgIpc) is 3.29. The molecular formula is C16H20N2O2S. The van der Waals surface area contributed by atoms with Gasteiger partial charge in [-0.1, -0.05) is 0 Å². The Morgan fingerprint density at radius 2 is 2.24 bits per heavy atom. The minimum Gasteiger partial charge on any atom is -0.356 e. The molecule has 0 unspecified atom stereocenters. The summed E-state index contributed by atoms with van der Waals surface area (Å²) in [5, 5.41) is 5.10. The van der Waals surface area contributed by atoms with Gasteiger partial charge in [0.05, 0.1) is 5.41 Å². The van der Waals surface area contributed by atoms with Crippen molar-refractivity contribution in [1.29, 1.82) is 0 Å². The van der Waals surface area contributed by atoms with Crippen LogP contribution in [0.3, 0.4) is 0 Å². The molecule has 2 heterocycles. The Bertz CT molecular complexity index is 589. The van der Waals surface area contributed by atoms with E-state index in [9.17, 15) is 9.59 Å². The van der Waals surface area contributed by atoms with Gasteiger partial charge in [-0.2, -0.15) is 0 Å². The van der Waals surface area contributed by atoms with Crippen LogP contribution < -0.4 is 5.32 Å². The standard InChI is InChI=1S/C16H20N2O2S/c19-14(18-6-3-13-11(10-18)4-7-21-13)2-1-5-17-15(20)16-8-12(16)9-16/h4,7,12H,1-3,5-6,8-10H2,(H,17,20). The van der Waals surface area contributed by atoms with Crippen LogP contribution in [0.2, 0.25) is 0 Å². The zero-order chi connectivity index (χ0) is 14.4. The maximum atomic E-state index is 12.2. The lowest BCUT2D eigenvalue weighted by atomic mass is 10.1. The van der Waals surface area contributed by atoms with E-state index in [1.54, 1.807) is 11.3 Å². The van der Waals surface area contributed by atoms with Crippen molar-refractivity contribution in [2.24, 2.45) is 11.3 Å². The van der Waals surface area contributed by atoms with Gasteiger partial charge in [-0.15, -0.1) is 11.3 Å². The number of carbonyl (C=O) groups excluding carboxylic acids is 2. The van der Waals surface area contributed by atoms with Crippen LogP contribution in [-0.2, 0) is 22.6 Å². The Hall–Kier alpha value is -1.36. The fraction of sp³-hybridized carbons (Fsp3) is 0.625. The maximum Gasteiger partial charge on any atom is 0.226 e. The highest BCUT2D eigenvalue weighted by molar-refractivity contribution is 7.10. The van der Waals surface area contributed by atoms with E-state index in [0.29, 0.717) is 18.9 Å². The Morgan fingerprint density at radius 3 is 3.00 bits per heavy atom. The second kappa shape index (κ2) is 4.83. The lowest BCUT2D eigenvalue weighted by Gasteiger charge is -2.27. The molecule has 21 heavy (non-hydrogen) atoms. The highest BCUT2D eigenvalue weighted by atomic mass is 32.1. The van der Waals surface area contributed by atoms with E-state index in [2.05, 4.69) is 16.8 Å². The number of hydrogen-bond donors (Lipinski definition) is 1. The molecule has 2 aliphatic carbocycles. The molecule has 1 aromatic heterocycles. The van der Waals surface area contributed by atoms with Crippen LogP contribution in [0.15, 0.2) is 11.4 Å². The minimum absolute atomic E-state index is 0.0478. The summed E-state index contributed by atoms with van der Waals surface area (Å²) in [6.45, 7) is 2.23. The van der Waals surface area contributed by atoms with Crippen molar-refractivity contribution in [3.8, 4) is 0 Å². The molecule has 1 aromatic rings. The molecule has 1 aliphatic heterocycles. The largest absolute Gasteiger partial charge is 0.356 e. The summed E-state index contributed by atoms with van der Waals surface area (Å²) in [6.07, 6.45) is 4.46. The number of thiophene rings is 1. The molecule has 0 aromatic carbocycles. The number of fused-ring (bicyclic) bond motifs is 2. The van der Waals surface area contributed by atoms with Crippen molar-refractivity contribution in [2.75, 3.05) is 13.1 Å². The first kappa shape index (κ1) is 13.3. The summed E-state index contributed by atoms with van der Waals surface area (Å²) in [4.78, 5) is 27.4. The zero-order valence-electron chi connectivity index (χ0n) is 12.1. The second-order valence-electron chi connectivity index (χ2n) is 6.56. The van der Waals surface area contributed by atoms with Crippen molar-refractivity contribution < 1.29 is 9.59 Å². The second-order valence-corrected chi connectivity index (χ2v) is 7.56. The van der Waals surface area contributed by atoms with E-state index >= 15 is 0 Å². The predicted molar refractivity (Wildman–Crippen MR) is 80.8 cm³/mol. The van der Waals surface area contributed by atoms with Crippen LogP contribution in [0.1, 0.15) is 36.1 Å². The summed E-state index contributed by atoms with van der Waals surface area (Å²) in [7, 11) is 0. The molecular weight excluding hydrogens is 284 g/mol. The van der Waals surface area contributed by atoms with E-state index in [1.165, 1.54) is 10.4 Å². The van der Waals surface area contributed by atoms with Crippen LogP contribution in [0.4, 0.5) is 0 Å². The minimum atomic E-state index is 0.0478. The first-order chi connectivity index (χ1) is 10.2. The van der Waals surface area contributed by atoms with Gasteiger partial charge in [-0.3, -0.25) is 9.59 Å². The Labute approximate surface area is 128 Å². The van der Waals surface area contributed by atoms with Crippen molar-refractivity contribution in [1.82, 2.24) is 10.2 Å². The van der Waals surface area contributed by atoms with Gasteiger partial charge in [0, 0.05) is 30.9 Å². The fourth-order valence-corrected chi connectivity index (χ4v) is 4.20. The van der Waals surface area contributed by atoms with Gasteiger partial charge in [-0.05, 0) is 48.6 Å². The Morgan fingerprint density at radius 1 is 1.43 bits per heavy atom. The smallest absolute Gasteiger partial charge is 0.226 e. The van der Waals surface area contributed by atoms with Crippen LogP contribution in [-0.4, -0.2) is 29.8 Å². The van der Waals surface area contributed by atoms with Crippen LogP contribution in [0, 0.1) is 11.3 Å². The third-order valence-corrected chi connectivity index (χ3v) is 6.17. The highest BCUT2D eigenvalue weighted by Gasteiger charge is 2.74. The number of amides is 2. The summed E-state index contributed by atoms with van der Waals surface area (Å²) < 4.78 is 0. The molecule has 0 saturated heterocycles. The predicted octanol–water partition coefficient (Wildman–Crippen LogP) is 1.94. The molecule has 3 aliphatic rings. The van der Waals surface area contributed by atoms with Gasteiger partial charge in [0.2, 0.25) is 11.8 Å². The van der Waals surface area contributed by atoms with Crippen molar-refractivity contribution in [2.45, 2.75) is 38.6 Å². The lowest BCUT2D eigenvalue weighted by molar-refractivity contribution is -0.132. The topological polar surface area (TPSA) is 49.4 Å². The summed E-state index contributed by atoms with van der Waals surface area (Å²) in [6, 6.07) is 2.13. The van der Waals surface area contributed by atoms with Gasteiger partial charge in [0.1, 0.15) is 0 Å². The molecule has 0 spiro atoms. The quantitative estimate of drug-likeness (QED) is 0.845. The summed E-state index contributed by atoms with van der Waals surface area (Å²) in [5.74, 6) is 1.13. The molecule has 2 saturated carbocycles. The van der Waals surface area contributed by atoms with Crippen molar-refractivity contribution in [3.63, 3.8) is 0 Å². The molecule has 4 rings (SSSR count). The zero-order valence-corrected chi connectivity index (χ0v) is 12.9. The van der Waals surface area contributed by atoms with E-state index in [-0.39, 0.29) is 17.2 Å². The third kappa shape index (κ3) is 2.37. The van der Waals surface area contributed by atoms with E-state index in [4.69, 9.17) is 0 Å². The fourth-order valence-electron chi connectivity index (χ4n) is 3.31.